The van der Waals surface area contributed by atoms with Gasteiger partial charge < -0.3 is 20.9 Å². The van der Waals surface area contributed by atoms with E-state index < -0.39 is 12.0 Å². The number of aryl methyl sites for hydroxylation is 1. The van der Waals surface area contributed by atoms with Crippen molar-refractivity contribution in [2.45, 2.75) is 25.3 Å². The number of benzene rings is 2. The second-order valence-corrected chi connectivity index (χ2v) is 6.58. The second-order valence-electron chi connectivity index (χ2n) is 6.58. The van der Waals surface area contributed by atoms with E-state index in [1.807, 2.05) is 18.2 Å². The fraction of sp³-hybridized carbons (Fsp3) is 0.318. The quantitative estimate of drug-likeness (QED) is 0.554. The number of rotatable bonds is 8. The Morgan fingerprint density at radius 3 is 2.63 bits per heavy atom. The van der Waals surface area contributed by atoms with Gasteiger partial charge in [0.25, 0.3) is 0 Å². The minimum Gasteiger partial charge on any atom is -0.493 e. The number of carbonyl (C=O) groups is 1. The van der Waals surface area contributed by atoms with Gasteiger partial charge >= 0.3 is 5.97 Å². The van der Waals surface area contributed by atoms with Crippen LogP contribution in [0.25, 0.3) is 11.6 Å². The van der Waals surface area contributed by atoms with Crippen LogP contribution in [0.2, 0.25) is 0 Å². The van der Waals surface area contributed by atoms with Crippen LogP contribution in [0.5, 0.6) is 5.75 Å². The number of allylic oxidation sites excluding steroid dienone is 1. The Morgan fingerprint density at radius 2 is 1.85 bits per heavy atom. The van der Waals surface area contributed by atoms with E-state index in [0.29, 0.717) is 13.0 Å². The van der Waals surface area contributed by atoms with Gasteiger partial charge in [-0.05, 0) is 41.7 Å². The number of carbonyl (C=O) groups excluding carboxylic acids is 1. The predicted molar refractivity (Wildman–Crippen MR) is 107 cm³/mol. The minimum absolute atomic E-state index is 0.0849. The lowest BCUT2D eigenvalue weighted by molar-refractivity contribution is -0.145. The van der Waals surface area contributed by atoms with E-state index in [9.17, 15) is 4.79 Å². The molecule has 0 aliphatic heterocycles. The van der Waals surface area contributed by atoms with Crippen LogP contribution in [0.1, 0.15) is 29.5 Å². The summed E-state index contributed by atoms with van der Waals surface area (Å²) in [7, 11) is 0. The lowest BCUT2D eigenvalue weighted by Gasteiger charge is -2.20. The summed E-state index contributed by atoms with van der Waals surface area (Å²) in [5.41, 5.74) is 15.9. The van der Waals surface area contributed by atoms with Crippen LogP contribution >= 0.6 is 0 Å². The van der Waals surface area contributed by atoms with E-state index in [1.165, 1.54) is 16.7 Å². The van der Waals surface area contributed by atoms with Gasteiger partial charge in [-0.1, -0.05) is 42.5 Å². The molecule has 27 heavy (non-hydrogen) atoms. The third-order valence-electron chi connectivity index (χ3n) is 4.63. The maximum atomic E-state index is 11.5. The first kappa shape index (κ1) is 19.1. The molecular weight excluding hydrogens is 340 g/mol. The summed E-state index contributed by atoms with van der Waals surface area (Å²) in [5.74, 6) is 0.399. The first-order valence-corrected chi connectivity index (χ1v) is 9.32. The van der Waals surface area contributed by atoms with E-state index in [4.69, 9.17) is 20.9 Å². The van der Waals surface area contributed by atoms with E-state index in [2.05, 4.69) is 36.4 Å². The highest BCUT2D eigenvalue weighted by Gasteiger charge is 2.16. The van der Waals surface area contributed by atoms with Crippen molar-refractivity contribution in [1.29, 1.82) is 0 Å². The Balaban J connectivity index is 1.60. The highest BCUT2D eigenvalue weighted by molar-refractivity contribution is 5.86. The van der Waals surface area contributed by atoms with Gasteiger partial charge in [0.05, 0.1) is 13.2 Å². The lowest BCUT2D eigenvalue weighted by atomic mass is 9.88. The normalized spacial score (nSPS) is 14.1. The number of hydrogen-bond donors (Lipinski definition) is 2. The van der Waals surface area contributed by atoms with Crippen molar-refractivity contribution in [1.82, 2.24) is 0 Å². The average Bonchev–Trinajstić information content (AvgIpc) is 2.73. The van der Waals surface area contributed by atoms with Gasteiger partial charge in [-0.3, -0.25) is 4.79 Å². The standard InChI is InChI=1S/C22H26N2O3/c23-15-20(24)22(25)27-13-5-12-26-21-9-4-8-17-10-11-18(14-19(17)21)16-6-2-1-3-7-16/h1-4,6-9,14,20H,5,10-13,15,23-24H2. The highest BCUT2D eigenvalue weighted by Crippen LogP contribution is 2.35. The average molecular weight is 366 g/mol. The van der Waals surface area contributed by atoms with Crippen molar-refractivity contribution < 1.29 is 14.3 Å². The molecule has 0 saturated heterocycles. The summed E-state index contributed by atoms with van der Waals surface area (Å²) in [4.78, 5) is 11.5. The molecule has 5 nitrogen and oxygen atoms in total. The second kappa shape index (κ2) is 9.35. The SMILES string of the molecule is NCC(N)C(=O)OCCCOc1cccc2c1C=C(c1ccccc1)CC2. The molecule has 0 spiro atoms. The molecule has 1 atom stereocenters. The van der Waals surface area contributed by atoms with Crippen LogP contribution in [0.3, 0.4) is 0 Å². The molecule has 0 aromatic heterocycles. The minimum atomic E-state index is -0.756. The molecule has 1 unspecified atom stereocenters. The molecule has 0 heterocycles. The molecule has 142 valence electrons. The maximum absolute atomic E-state index is 11.5. The summed E-state index contributed by atoms with van der Waals surface area (Å²) in [6, 6.07) is 15.8. The predicted octanol–water partition coefficient (Wildman–Crippen LogP) is 2.77. The molecule has 2 aromatic carbocycles. The molecule has 5 heteroatoms. The Hall–Kier alpha value is -2.63. The van der Waals surface area contributed by atoms with E-state index in [0.717, 1.165) is 24.2 Å². The molecule has 0 bridgehead atoms. The molecule has 4 N–H and O–H groups in total. The van der Waals surface area contributed by atoms with E-state index >= 15 is 0 Å². The van der Waals surface area contributed by atoms with Gasteiger partial charge in [-0.2, -0.15) is 0 Å². The zero-order chi connectivity index (χ0) is 19.1. The van der Waals surface area contributed by atoms with Gasteiger partial charge in [0.1, 0.15) is 11.8 Å². The molecular formula is C22H26N2O3. The largest absolute Gasteiger partial charge is 0.493 e. The number of ether oxygens (including phenoxy) is 2. The van der Waals surface area contributed by atoms with Crippen LogP contribution in [0.4, 0.5) is 0 Å². The van der Waals surface area contributed by atoms with Crippen molar-refractivity contribution in [2.75, 3.05) is 19.8 Å². The van der Waals surface area contributed by atoms with Gasteiger partial charge in [0.15, 0.2) is 0 Å². The van der Waals surface area contributed by atoms with Crippen molar-refractivity contribution in [2.24, 2.45) is 11.5 Å². The van der Waals surface area contributed by atoms with Gasteiger partial charge in [0.2, 0.25) is 0 Å². The summed E-state index contributed by atoms with van der Waals surface area (Å²) >= 11 is 0. The zero-order valence-corrected chi connectivity index (χ0v) is 15.4. The summed E-state index contributed by atoms with van der Waals surface area (Å²) in [6.45, 7) is 0.824. The lowest BCUT2D eigenvalue weighted by Crippen LogP contribution is -2.39. The fourth-order valence-electron chi connectivity index (χ4n) is 3.11. The Kier molecular flexibility index (Phi) is 6.63. The van der Waals surface area contributed by atoms with Crippen LogP contribution < -0.4 is 16.2 Å². The van der Waals surface area contributed by atoms with Crippen LogP contribution in [-0.4, -0.2) is 31.8 Å². The summed E-state index contributed by atoms with van der Waals surface area (Å²) in [5, 5.41) is 0. The fourth-order valence-corrected chi connectivity index (χ4v) is 3.11. The van der Waals surface area contributed by atoms with Crippen LogP contribution in [0, 0.1) is 0 Å². The van der Waals surface area contributed by atoms with Crippen LogP contribution in [0.15, 0.2) is 48.5 Å². The molecule has 0 saturated carbocycles. The Labute approximate surface area is 160 Å². The molecule has 0 fully saturated rings. The Bertz CT molecular complexity index is 802. The maximum Gasteiger partial charge on any atom is 0.324 e. The molecule has 1 aliphatic rings. The zero-order valence-electron chi connectivity index (χ0n) is 15.4. The Morgan fingerprint density at radius 1 is 1.04 bits per heavy atom. The van der Waals surface area contributed by atoms with Crippen molar-refractivity contribution in [3.05, 3.63) is 65.2 Å². The number of fused-ring (bicyclic) bond motifs is 1. The van der Waals surface area contributed by atoms with Crippen LogP contribution in [-0.2, 0) is 16.0 Å². The summed E-state index contributed by atoms with van der Waals surface area (Å²) in [6.07, 6.45) is 4.85. The van der Waals surface area contributed by atoms with Gasteiger partial charge in [0, 0.05) is 18.5 Å². The molecule has 0 radical (unpaired) electrons. The summed E-state index contributed by atoms with van der Waals surface area (Å²) < 4.78 is 11.0. The van der Waals surface area contributed by atoms with Crippen molar-refractivity contribution >= 4 is 17.6 Å². The smallest absolute Gasteiger partial charge is 0.324 e. The van der Waals surface area contributed by atoms with E-state index in [1.54, 1.807) is 0 Å². The van der Waals surface area contributed by atoms with E-state index in [-0.39, 0.29) is 13.2 Å². The molecule has 2 aromatic rings. The highest BCUT2D eigenvalue weighted by atomic mass is 16.5. The first-order valence-electron chi connectivity index (χ1n) is 9.32. The van der Waals surface area contributed by atoms with Crippen molar-refractivity contribution in [3.63, 3.8) is 0 Å². The topological polar surface area (TPSA) is 87.6 Å². The molecule has 1 aliphatic carbocycles. The molecule has 3 rings (SSSR count). The third kappa shape index (κ3) is 4.96. The van der Waals surface area contributed by atoms with Gasteiger partial charge in [-0.15, -0.1) is 0 Å². The monoisotopic (exact) mass is 366 g/mol. The number of esters is 1. The van der Waals surface area contributed by atoms with Crippen molar-refractivity contribution in [3.8, 4) is 5.75 Å². The first-order chi connectivity index (χ1) is 13.2. The third-order valence-corrected chi connectivity index (χ3v) is 4.63. The number of hydrogen-bond acceptors (Lipinski definition) is 5. The number of nitrogens with two attached hydrogens (primary N) is 2. The van der Waals surface area contributed by atoms with Gasteiger partial charge in [-0.25, -0.2) is 0 Å². The molecule has 0 amide bonds.